The molecule has 0 aliphatic carbocycles. The minimum Gasteiger partial charge on any atom is -0.496 e. The number of aryl methyl sites for hydroxylation is 1. The van der Waals surface area contributed by atoms with Gasteiger partial charge in [0.05, 0.1) is 13.4 Å². The number of nitrogens with one attached hydrogen (secondary N) is 1. The highest BCUT2D eigenvalue weighted by Gasteiger charge is 2.14. The predicted molar refractivity (Wildman–Crippen MR) is 110 cm³/mol. The molecule has 0 saturated carbocycles. The molecular formula is C23H23NO3. The first-order valence-corrected chi connectivity index (χ1v) is 8.77. The van der Waals surface area contributed by atoms with Gasteiger partial charge in [0.25, 0.3) is 0 Å². The van der Waals surface area contributed by atoms with Gasteiger partial charge in [0.15, 0.2) is 0 Å². The Hall–Kier alpha value is -3.27. The monoisotopic (exact) mass is 361 g/mol. The Labute approximate surface area is 159 Å². The van der Waals surface area contributed by atoms with Crippen LogP contribution in [0.3, 0.4) is 0 Å². The number of amides is 1. The minimum atomic E-state index is -0.166. The molecule has 3 aromatic rings. The van der Waals surface area contributed by atoms with E-state index in [0.717, 1.165) is 33.2 Å². The van der Waals surface area contributed by atoms with Gasteiger partial charge in [0, 0.05) is 35.2 Å². The molecule has 1 aromatic heterocycles. The van der Waals surface area contributed by atoms with Crippen LogP contribution in [-0.4, -0.2) is 19.6 Å². The molecule has 1 N–H and O–H groups in total. The average Bonchev–Trinajstić information content (AvgIpc) is 3.08. The van der Waals surface area contributed by atoms with Crippen molar-refractivity contribution >= 4 is 22.4 Å². The maximum atomic E-state index is 12.0. The third kappa shape index (κ3) is 3.95. The first kappa shape index (κ1) is 18.5. The van der Waals surface area contributed by atoms with Crippen molar-refractivity contribution in [1.82, 2.24) is 5.32 Å². The molecule has 4 nitrogen and oxygen atoms in total. The van der Waals surface area contributed by atoms with Crippen molar-refractivity contribution in [1.29, 1.82) is 0 Å². The highest BCUT2D eigenvalue weighted by atomic mass is 16.5. The van der Waals surface area contributed by atoms with E-state index in [9.17, 15) is 4.79 Å². The fourth-order valence-electron chi connectivity index (χ4n) is 2.99. The first-order valence-electron chi connectivity index (χ1n) is 8.77. The molecule has 0 aliphatic rings. The number of carbonyl (C=O) groups is 1. The Morgan fingerprint density at radius 2 is 2.00 bits per heavy atom. The lowest BCUT2D eigenvalue weighted by Gasteiger charge is -2.10. The number of hydrogen-bond donors (Lipinski definition) is 1. The molecule has 0 fully saturated rings. The van der Waals surface area contributed by atoms with E-state index in [0.29, 0.717) is 12.3 Å². The van der Waals surface area contributed by atoms with E-state index >= 15 is 0 Å². The highest BCUT2D eigenvalue weighted by molar-refractivity contribution is 6.00. The number of benzene rings is 2. The normalized spacial score (nSPS) is 11.4. The number of hydrogen-bond acceptors (Lipinski definition) is 3. The zero-order valence-electron chi connectivity index (χ0n) is 15.8. The van der Waals surface area contributed by atoms with Gasteiger partial charge in [-0.05, 0) is 31.1 Å². The lowest BCUT2D eigenvalue weighted by Crippen LogP contribution is -2.20. The Morgan fingerprint density at radius 3 is 2.67 bits per heavy atom. The number of rotatable bonds is 6. The second-order valence-electron chi connectivity index (χ2n) is 6.43. The number of fused-ring (bicyclic) bond motifs is 1. The van der Waals surface area contributed by atoms with Crippen LogP contribution in [0, 0.1) is 6.92 Å². The van der Waals surface area contributed by atoms with E-state index in [4.69, 9.17) is 9.15 Å². The molecule has 0 atom stereocenters. The fraction of sp³-hybridized carbons (Fsp3) is 0.174. The van der Waals surface area contributed by atoms with Gasteiger partial charge < -0.3 is 14.5 Å². The van der Waals surface area contributed by atoms with Crippen molar-refractivity contribution in [3.8, 4) is 16.9 Å². The molecule has 0 saturated heterocycles. The summed E-state index contributed by atoms with van der Waals surface area (Å²) in [7, 11) is 1.61. The van der Waals surface area contributed by atoms with Crippen LogP contribution in [-0.2, 0) is 4.79 Å². The number of allylic oxidation sites excluding steroid dienone is 1. The summed E-state index contributed by atoms with van der Waals surface area (Å²) >= 11 is 0. The first-order chi connectivity index (χ1) is 13.0. The van der Waals surface area contributed by atoms with E-state index in [2.05, 4.69) is 43.1 Å². The zero-order valence-corrected chi connectivity index (χ0v) is 15.8. The summed E-state index contributed by atoms with van der Waals surface area (Å²) in [5, 5.41) is 3.73. The van der Waals surface area contributed by atoms with Crippen LogP contribution in [0.25, 0.3) is 27.7 Å². The number of methoxy groups -OCH3 is 1. The molecule has 1 amide bonds. The second kappa shape index (κ2) is 7.96. The van der Waals surface area contributed by atoms with Crippen molar-refractivity contribution in [2.75, 3.05) is 13.7 Å². The molecule has 2 aromatic carbocycles. The molecule has 0 bridgehead atoms. The lowest BCUT2D eigenvalue weighted by atomic mass is 9.99. The van der Waals surface area contributed by atoms with Crippen LogP contribution in [0.2, 0.25) is 0 Å². The second-order valence-corrected chi connectivity index (χ2v) is 6.43. The van der Waals surface area contributed by atoms with Crippen molar-refractivity contribution in [2.45, 2.75) is 13.8 Å². The van der Waals surface area contributed by atoms with E-state index in [1.165, 1.54) is 5.56 Å². The number of ether oxygens (including phenoxy) is 1. The quantitative estimate of drug-likeness (QED) is 0.489. The van der Waals surface area contributed by atoms with E-state index in [-0.39, 0.29) is 5.91 Å². The van der Waals surface area contributed by atoms with Gasteiger partial charge in [-0.15, -0.1) is 6.58 Å². The maximum Gasteiger partial charge on any atom is 0.244 e. The Morgan fingerprint density at radius 1 is 1.26 bits per heavy atom. The lowest BCUT2D eigenvalue weighted by molar-refractivity contribution is -0.116. The van der Waals surface area contributed by atoms with Crippen LogP contribution < -0.4 is 10.1 Å². The third-order valence-corrected chi connectivity index (χ3v) is 4.45. The molecular weight excluding hydrogens is 338 g/mol. The average molecular weight is 361 g/mol. The van der Waals surface area contributed by atoms with Gasteiger partial charge in [-0.3, -0.25) is 4.79 Å². The zero-order chi connectivity index (χ0) is 19.4. The van der Waals surface area contributed by atoms with Gasteiger partial charge in [-0.25, -0.2) is 0 Å². The molecule has 0 radical (unpaired) electrons. The fourth-order valence-corrected chi connectivity index (χ4v) is 2.99. The molecule has 1 heterocycles. The molecule has 138 valence electrons. The van der Waals surface area contributed by atoms with Crippen LogP contribution in [0.15, 0.2) is 65.8 Å². The minimum absolute atomic E-state index is 0.166. The molecule has 3 rings (SSSR count). The summed E-state index contributed by atoms with van der Waals surface area (Å²) in [6.07, 6.45) is 4.97. The summed E-state index contributed by atoms with van der Waals surface area (Å²) in [5.74, 6) is 0.498. The van der Waals surface area contributed by atoms with Crippen LogP contribution in [0.1, 0.15) is 18.1 Å². The van der Waals surface area contributed by atoms with Crippen LogP contribution in [0.5, 0.6) is 5.75 Å². The third-order valence-electron chi connectivity index (χ3n) is 4.45. The number of carbonyl (C=O) groups excluding carboxylic acids is 1. The Bertz CT molecular complexity index is 1010. The van der Waals surface area contributed by atoms with Crippen molar-refractivity contribution in [3.63, 3.8) is 0 Å². The summed E-state index contributed by atoms with van der Waals surface area (Å²) in [5.41, 5.74) is 5.71. The largest absolute Gasteiger partial charge is 0.496 e. The molecule has 0 aliphatic heterocycles. The smallest absolute Gasteiger partial charge is 0.244 e. The van der Waals surface area contributed by atoms with Crippen LogP contribution >= 0.6 is 0 Å². The Balaban J connectivity index is 2.08. The summed E-state index contributed by atoms with van der Waals surface area (Å²) in [4.78, 5) is 12.0. The SMILES string of the molecule is C=CCNC(=O)/C=C(\C)c1cc2c(-c3ccc(C)cc3)coc2cc1OC. The predicted octanol–water partition coefficient (Wildman–Crippen LogP) is 5.12. The van der Waals surface area contributed by atoms with Gasteiger partial charge >= 0.3 is 0 Å². The van der Waals surface area contributed by atoms with Gasteiger partial charge in [0.2, 0.25) is 5.91 Å². The summed E-state index contributed by atoms with van der Waals surface area (Å²) < 4.78 is 11.3. The highest BCUT2D eigenvalue weighted by Crippen LogP contribution is 2.37. The molecule has 0 unspecified atom stereocenters. The maximum absolute atomic E-state index is 12.0. The molecule has 0 spiro atoms. The van der Waals surface area contributed by atoms with E-state index in [1.54, 1.807) is 25.5 Å². The van der Waals surface area contributed by atoms with Crippen molar-refractivity contribution < 1.29 is 13.9 Å². The Kier molecular flexibility index (Phi) is 5.46. The van der Waals surface area contributed by atoms with E-state index in [1.807, 2.05) is 19.1 Å². The van der Waals surface area contributed by atoms with Crippen molar-refractivity contribution in [3.05, 3.63) is 72.5 Å². The molecule has 27 heavy (non-hydrogen) atoms. The van der Waals surface area contributed by atoms with Gasteiger partial charge in [0.1, 0.15) is 11.3 Å². The topological polar surface area (TPSA) is 51.5 Å². The van der Waals surface area contributed by atoms with Crippen LogP contribution in [0.4, 0.5) is 0 Å². The molecule has 4 heteroatoms. The van der Waals surface area contributed by atoms with Gasteiger partial charge in [-0.2, -0.15) is 0 Å². The standard InChI is InChI=1S/C23H23NO3/c1-5-10-24-23(25)11-16(3)18-12-19-20(17-8-6-15(2)7-9-17)14-27-22(19)13-21(18)26-4/h5-9,11-14H,1,10H2,2-4H3,(H,24,25)/b16-11+. The van der Waals surface area contributed by atoms with Gasteiger partial charge in [-0.1, -0.05) is 35.9 Å². The summed E-state index contributed by atoms with van der Waals surface area (Å²) in [6.45, 7) is 7.99. The number of furan rings is 1. The van der Waals surface area contributed by atoms with Crippen molar-refractivity contribution in [2.24, 2.45) is 0 Å². The summed E-state index contributed by atoms with van der Waals surface area (Å²) in [6, 6.07) is 12.2. The van der Waals surface area contributed by atoms with E-state index < -0.39 is 0 Å².